The summed E-state index contributed by atoms with van der Waals surface area (Å²) in [5, 5.41) is 1.04. The second-order valence-corrected chi connectivity index (χ2v) is 6.20. The van der Waals surface area contributed by atoms with Crippen LogP contribution in [0, 0.1) is 13.8 Å². The number of nitrogens with zero attached hydrogens (tertiary/aromatic N) is 4. The van der Waals surface area contributed by atoms with Gasteiger partial charge in [0.1, 0.15) is 17.7 Å². The summed E-state index contributed by atoms with van der Waals surface area (Å²) in [5.74, 6) is 1.60. The van der Waals surface area contributed by atoms with Crippen LogP contribution in [0.3, 0.4) is 0 Å². The van der Waals surface area contributed by atoms with Crippen molar-refractivity contribution < 1.29 is 8.98 Å². The van der Waals surface area contributed by atoms with E-state index in [-0.39, 0.29) is 0 Å². The summed E-state index contributed by atoms with van der Waals surface area (Å²) in [7, 11) is 4.15. The van der Waals surface area contributed by atoms with Gasteiger partial charge in [-0.15, -0.1) is 0 Å². The largest absolute Gasteiger partial charge is 0.466 e. The van der Waals surface area contributed by atoms with Crippen LogP contribution in [0.15, 0.2) is 29.1 Å². The van der Waals surface area contributed by atoms with E-state index in [1.54, 1.807) is 12.6 Å². The van der Waals surface area contributed by atoms with Crippen molar-refractivity contribution in [2.45, 2.75) is 26.9 Å². The molecular formula is C17H24N5O+. The number of nitrogen functional groups attached to an aromatic ring is 1. The first-order valence-corrected chi connectivity index (χ1v) is 7.79. The number of hydrogen-bond donors (Lipinski definition) is 1. The van der Waals surface area contributed by atoms with E-state index in [1.165, 1.54) is 11.3 Å². The van der Waals surface area contributed by atoms with Gasteiger partial charge in [-0.1, -0.05) is 4.98 Å². The lowest BCUT2D eigenvalue weighted by atomic mass is 10.2. The zero-order valence-electron chi connectivity index (χ0n) is 14.2. The Bertz CT molecular complexity index is 817. The number of rotatable bonds is 5. The number of aryl methyl sites for hydroxylation is 1. The van der Waals surface area contributed by atoms with Crippen LogP contribution in [-0.4, -0.2) is 35.1 Å². The van der Waals surface area contributed by atoms with E-state index >= 15 is 0 Å². The first-order chi connectivity index (χ1) is 11.0. The molecule has 0 aliphatic heterocycles. The van der Waals surface area contributed by atoms with Crippen LogP contribution in [-0.2, 0) is 13.1 Å². The van der Waals surface area contributed by atoms with Crippen LogP contribution in [0.1, 0.15) is 17.0 Å². The lowest BCUT2D eigenvalue weighted by Crippen LogP contribution is -2.38. The number of fused-ring (bicyclic) bond motifs is 1. The number of likely N-dealkylation sites (N-methyl/N-ethyl adjacent to an activating group) is 1. The van der Waals surface area contributed by atoms with Crippen molar-refractivity contribution in [2.75, 3.05) is 26.4 Å². The zero-order chi connectivity index (χ0) is 16.6. The molecule has 3 heterocycles. The minimum atomic E-state index is 0.586. The summed E-state index contributed by atoms with van der Waals surface area (Å²) in [6.45, 7) is 6.69. The van der Waals surface area contributed by atoms with Gasteiger partial charge in [0.15, 0.2) is 0 Å². The Hall–Kier alpha value is -2.34. The minimum absolute atomic E-state index is 0.586. The van der Waals surface area contributed by atoms with Crippen molar-refractivity contribution in [2.24, 2.45) is 0 Å². The van der Waals surface area contributed by atoms with Crippen molar-refractivity contribution in [1.82, 2.24) is 14.5 Å². The highest BCUT2D eigenvalue weighted by Gasteiger charge is 2.21. The fraction of sp³-hybridized carbons (Fsp3) is 0.412. The van der Waals surface area contributed by atoms with E-state index < -0.39 is 0 Å². The van der Waals surface area contributed by atoms with Crippen molar-refractivity contribution >= 4 is 16.9 Å². The molecule has 0 radical (unpaired) electrons. The minimum Gasteiger partial charge on any atom is -0.466 e. The molecule has 0 aromatic carbocycles. The van der Waals surface area contributed by atoms with E-state index in [1.807, 2.05) is 16.7 Å². The standard InChI is InChI=1S/C17H23N5O/c1-12-13(2)22(8-7-20(3)4)17-15(12)16(18)21(11-19-17)10-14-6-5-9-23-14/h5-6,9,11,18H,7-8,10H2,1-4H3/p+1. The highest BCUT2D eigenvalue weighted by Crippen LogP contribution is 2.26. The average Bonchev–Trinajstić information content (AvgIpc) is 3.09. The Morgan fingerprint density at radius 3 is 2.78 bits per heavy atom. The van der Waals surface area contributed by atoms with Gasteiger partial charge in [0, 0.05) is 18.8 Å². The van der Waals surface area contributed by atoms with E-state index in [0.29, 0.717) is 6.54 Å². The first-order valence-electron chi connectivity index (χ1n) is 7.79. The van der Waals surface area contributed by atoms with Crippen LogP contribution < -0.4 is 10.3 Å². The lowest BCUT2D eigenvalue weighted by molar-refractivity contribution is -0.677. The molecule has 0 unspecified atom stereocenters. The molecule has 0 amide bonds. The number of hydrogen-bond acceptors (Lipinski definition) is 4. The van der Waals surface area contributed by atoms with Gasteiger partial charge in [0.2, 0.25) is 17.8 Å². The highest BCUT2D eigenvalue weighted by molar-refractivity contribution is 5.89. The third-order valence-electron chi connectivity index (χ3n) is 4.36. The van der Waals surface area contributed by atoms with Crippen molar-refractivity contribution in [1.29, 1.82) is 0 Å². The van der Waals surface area contributed by atoms with Gasteiger partial charge in [-0.05, 0) is 45.6 Å². The quantitative estimate of drug-likeness (QED) is 0.728. The topological polar surface area (TPSA) is 64.1 Å². The monoisotopic (exact) mass is 314 g/mol. The van der Waals surface area contributed by atoms with E-state index in [9.17, 15) is 0 Å². The second-order valence-electron chi connectivity index (χ2n) is 6.20. The molecule has 0 bridgehead atoms. The maximum absolute atomic E-state index is 6.43. The molecule has 6 heteroatoms. The van der Waals surface area contributed by atoms with Gasteiger partial charge < -0.3 is 19.6 Å². The van der Waals surface area contributed by atoms with Gasteiger partial charge in [-0.3, -0.25) is 0 Å². The molecule has 3 aromatic heterocycles. The molecule has 23 heavy (non-hydrogen) atoms. The number of aromatic nitrogens is 3. The summed E-state index contributed by atoms with van der Waals surface area (Å²) in [5.41, 5.74) is 9.80. The Kier molecular flexibility index (Phi) is 4.09. The lowest BCUT2D eigenvalue weighted by Gasteiger charge is -2.11. The number of anilines is 1. The molecule has 0 saturated heterocycles. The Balaban J connectivity index is 2.05. The Morgan fingerprint density at radius 1 is 1.35 bits per heavy atom. The summed E-state index contributed by atoms with van der Waals surface area (Å²) < 4.78 is 9.60. The van der Waals surface area contributed by atoms with Crippen molar-refractivity contribution in [3.05, 3.63) is 41.7 Å². The van der Waals surface area contributed by atoms with E-state index in [0.717, 1.165) is 35.7 Å². The average molecular weight is 314 g/mol. The summed E-state index contributed by atoms with van der Waals surface area (Å²) in [6.07, 6.45) is 3.47. The predicted octanol–water partition coefficient (Wildman–Crippen LogP) is 1.73. The third-order valence-corrected chi connectivity index (χ3v) is 4.36. The summed E-state index contributed by atoms with van der Waals surface area (Å²) in [6, 6.07) is 3.82. The Morgan fingerprint density at radius 2 is 2.13 bits per heavy atom. The van der Waals surface area contributed by atoms with Crippen LogP contribution in [0.25, 0.3) is 11.0 Å². The van der Waals surface area contributed by atoms with Crippen molar-refractivity contribution in [3.63, 3.8) is 0 Å². The van der Waals surface area contributed by atoms with Gasteiger partial charge in [-0.2, -0.15) is 0 Å². The smallest absolute Gasteiger partial charge is 0.232 e. The highest BCUT2D eigenvalue weighted by atomic mass is 16.3. The van der Waals surface area contributed by atoms with Crippen molar-refractivity contribution in [3.8, 4) is 0 Å². The maximum Gasteiger partial charge on any atom is 0.232 e. The number of nitrogens with two attached hydrogens (primary N) is 1. The molecular weight excluding hydrogens is 290 g/mol. The SMILES string of the molecule is Cc1c(C)n(CCN(C)C)c2nc[n+](Cc3ccco3)c(N)c12. The molecule has 2 N–H and O–H groups in total. The van der Waals surface area contributed by atoms with Gasteiger partial charge >= 0.3 is 0 Å². The molecule has 122 valence electrons. The van der Waals surface area contributed by atoms with Crippen LogP contribution >= 0.6 is 0 Å². The van der Waals surface area contributed by atoms with E-state index in [4.69, 9.17) is 10.2 Å². The summed E-state index contributed by atoms with van der Waals surface area (Å²) in [4.78, 5) is 6.84. The van der Waals surface area contributed by atoms with E-state index in [2.05, 4.69) is 42.4 Å². The molecule has 0 aliphatic rings. The van der Waals surface area contributed by atoms with Gasteiger partial charge in [0.25, 0.3) is 0 Å². The van der Waals surface area contributed by atoms with Gasteiger partial charge in [-0.25, -0.2) is 4.57 Å². The zero-order valence-corrected chi connectivity index (χ0v) is 14.2. The molecule has 0 saturated carbocycles. The second kappa shape index (κ2) is 6.04. The van der Waals surface area contributed by atoms with Crippen LogP contribution in [0.5, 0.6) is 0 Å². The molecule has 6 nitrogen and oxygen atoms in total. The first kappa shape index (κ1) is 15.6. The molecule has 0 atom stereocenters. The molecule has 3 aromatic rings. The molecule has 0 aliphatic carbocycles. The van der Waals surface area contributed by atoms with Crippen LogP contribution in [0.4, 0.5) is 5.82 Å². The molecule has 3 rings (SSSR count). The molecule has 0 fully saturated rings. The third kappa shape index (κ3) is 2.82. The normalized spacial score (nSPS) is 11.7. The fourth-order valence-electron chi connectivity index (χ4n) is 2.89. The Labute approximate surface area is 136 Å². The molecule has 0 spiro atoms. The van der Waals surface area contributed by atoms with Gasteiger partial charge in [0.05, 0.1) is 6.26 Å². The predicted molar refractivity (Wildman–Crippen MR) is 90.2 cm³/mol. The maximum atomic E-state index is 6.43. The summed E-state index contributed by atoms with van der Waals surface area (Å²) >= 11 is 0. The number of furan rings is 1. The fourth-order valence-corrected chi connectivity index (χ4v) is 2.89. The van der Waals surface area contributed by atoms with Crippen LogP contribution in [0.2, 0.25) is 0 Å².